The van der Waals surface area contributed by atoms with Gasteiger partial charge in [0.2, 0.25) is 0 Å². The third kappa shape index (κ3) is 1.92. The van der Waals surface area contributed by atoms with Gasteiger partial charge >= 0.3 is 0 Å². The van der Waals surface area contributed by atoms with Crippen molar-refractivity contribution in [1.29, 1.82) is 0 Å². The molecule has 2 N–H and O–H groups in total. The van der Waals surface area contributed by atoms with Crippen molar-refractivity contribution >= 4 is 21.6 Å². The van der Waals surface area contributed by atoms with E-state index in [4.69, 9.17) is 5.73 Å². The van der Waals surface area contributed by atoms with Crippen molar-refractivity contribution < 1.29 is 0 Å². The Kier molecular flexibility index (Phi) is 2.82. The summed E-state index contributed by atoms with van der Waals surface area (Å²) in [7, 11) is 0. The zero-order valence-electron chi connectivity index (χ0n) is 8.57. The summed E-state index contributed by atoms with van der Waals surface area (Å²) < 4.78 is 3.16. The summed E-state index contributed by atoms with van der Waals surface area (Å²) in [5.74, 6) is 0. The van der Waals surface area contributed by atoms with E-state index in [2.05, 4.69) is 39.7 Å². The second-order valence-electron chi connectivity index (χ2n) is 3.44. The van der Waals surface area contributed by atoms with Gasteiger partial charge in [0.25, 0.3) is 0 Å². The molecule has 2 rings (SSSR count). The summed E-state index contributed by atoms with van der Waals surface area (Å²) in [5.41, 5.74) is 9.03. The van der Waals surface area contributed by atoms with Gasteiger partial charge in [0, 0.05) is 29.0 Å². The lowest BCUT2D eigenvalue weighted by Gasteiger charge is -2.02. The van der Waals surface area contributed by atoms with Crippen LogP contribution in [0.5, 0.6) is 0 Å². The molecule has 0 unspecified atom stereocenters. The molecule has 0 atom stereocenters. The molecule has 0 spiro atoms. The highest BCUT2D eigenvalue weighted by Crippen LogP contribution is 2.32. The lowest BCUT2D eigenvalue weighted by atomic mass is 10.1. The monoisotopic (exact) mass is 264 g/mol. The van der Waals surface area contributed by atoms with Gasteiger partial charge < -0.3 is 10.3 Å². The minimum atomic E-state index is 0.823. The number of nitrogen functional groups attached to an aromatic ring is 1. The lowest BCUT2D eigenvalue weighted by Crippen LogP contribution is -1.87. The van der Waals surface area contributed by atoms with Crippen LogP contribution in [0, 0.1) is 0 Å². The van der Waals surface area contributed by atoms with E-state index in [-0.39, 0.29) is 0 Å². The quantitative estimate of drug-likeness (QED) is 0.884. The Bertz CT molecular complexity index is 474. The topological polar surface area (TPSA) is 30.9 Å². The van der Waals surface area contributed by atoms with Crippen LogP contribution in [-0.2, 0) is 6.54 Å². The van der Waals surface area contributed by atoms with Crippen molar-refractivity contribution in [3.05, 3.63) is 41.1 Å². The first-order chi connectivity index (χ1) is 7.22. The number of nitrogens with two attached hydrogens (primary N) is 1. The first kappa shape index (κ1) is 10.3. The SMILES string of the molecule is CCn1cc(N)c(-c2ccccc2Br)c1. The van der Waals surface area contributed by atoms with E-state index >= 15 is 0 Å². The molecule has 0 radical (unpaired) electrons. The predicted molar refractivity (Wildman–Crippen MR) is 67.7 cm³/mol. The van der Waals surface area contributed by atoms with Gasteiger partial charge in [0.15, 0.2) is 0 Å². The van der Waals surface area contributed by atoms with Crippen LogP contribution in [0.4, 0.5) is 5.69 Å². The zero-order chi connectivity index (χ0) is 10.8. The average Bonchev–Trinajstić information content (AvgIpc) is 2.60. The Hall–Kier alpha value is -1.22. The largest absolute Gasteiger partial charge is 0.397 e. The Labute approximate surface area is 97.8 Å². The Morgan fingerprint density at radius 2 is 1.93 bits per heavy atom. The van der Waals surface area contributed by atoms with Gasteiger partial charge in [-0.25, -0.2) is 0 Å². The third-order valence-corrected chi connectivity index (χ3v) is 3.13. The van der Waals surface area contributed by atoms with Gasteiger partial charge in [-0.3, -0.25) is 0 Å². The number of rotatable bonds is 2. The van der Waals surface area contributed by atoms with Crippen LogP contribution in [0.15, 0.2) is 41.1 Å². The van der Waals surface area contributed by atoms with E-state index in [1.165, 1.54) is 0 Å². The Morgan fingerprint density at radius 3 is 2.53 bits per heavy atom. The Morgan fingerprint density at radius 1 is 1.20 bits per heavy atom. The molecule has 0 aliphatic carbocycles. The molecule has 1 aromatic carbocycles. The minimum Gasteiger partial charge on any atom is -0.397 e. The normalized spacial score (nSPS) is 10.5. The van der Waals surface area contributed by atoms with E-state index in [0.717, 1.165) is 27.8 Å². The minimum absolute atomic E-state index is 0.823. The fourth-order valence-corrected chi connectivity index (χ4v) is 2.11. The molecular formula is C12H13BrN2. The van der Waals surface area contributed by atoms with E-state index in [0.29, 0.717) is 0 Å². The summed E-state index contributed by atoms with van der Waals surface area (Å²) in [6.45, 7) is 3.04. The molecule has 1 aromatic heterocycles. The maximum absolute atomic E-state index is 5.98. The van der Waals surface area contributed by atoms with Gasteiger partial charge in [-0.05, 0) is 18.6 Å². The van der Waals surface area contributed by atoms with E-state index in [1.807, 2.05) is 24.4 Å². The smallest absolute Gasteiger partial charge is 0.0573 e. The third-order valence-electron chi connectivity index (χ3n) is 2.44. The number of aromatic nitrogens is 1. The standard InChI is InChI=1S/C12H13BrN2/c1-2-15-7-10(12(14)8-15)9-5-3-4-6-11(9)13/h3-8H,2,14H2,1H3. The van der Waals surface area contributed by atoms with Gasteiger partial charge in [0.1, 0.15) is 0 Å². The molecule has 3 heteroatoms. The van der Waals surface area contributed by atoms with Crippen molar-refractivity contribution in [1.82, 2.24) is 4.57 Å². The number of anilines is 1. The first-order valence-electron chi connectivity index (χ1n) is 4.92. The molecule has 0 aliphatic rings. The van der Waals surface area contributed by atoms with Crippen LogP contribution >= 0.6 is 15.9 Å². The van der Waals surface area contributed by atoms with Crippen LogP contribution in [-0.4, -0.2) is 4.57 Å². The van der Waals surface area contributed by atoms with E-state index in [1.54, 1.807) is 0 Å². The second-order valence-corrected chi connectivity index (χ2v) is 4.29. The van der Waals surface area contributed by atoms with Gasteiger partial charge in [-0.15, -0.1) is 0 Å². The number of aryl methyl sites for hydroxylation is 1. The molecule has 15 heavy (non-hydrogen) atoms. The summed E-state index contributed by atoms with van der Waals surface area (Å²) in [6.07, 6.45) is 4.05. The van der Waals surface area contributed by atoms with Crippen LogP contribution in [0.2, 0.25) is 0 Å². The number of hydrogen-bond donors (Lipinski definition) is 1. The maximum atomic E-state index is 5.98. The highest BCUT2D eigenvalue weighted by atomic mass is 79.9. The van der Waals surface area contributed by atoms with Gasteiger partial charge in [-0.1, -0.05) is 34.1 Å². The van der Waals surface area contributed by atoms with Crippen molar-refractivity contribution in [2.45, 2.75) is 13.5 Å². The summed E-state index contributed by atoms with van der Waals surface area (Å²) in [5, 5.41) is 0. The molecular weight excluding hydrogens is 252 g/mol. The highest BCUT2D eigenvalue weighted by molar-refractivity contribution is 9.10. The van der Waals surface area contributed by atoms with Crippen LogP contribution in [0.25, 0.3) is 11.1 Å². The molecule has 1 heterocycles. The zero-order valence-corrected chi connectivity index (χ0v) is 10.2. The fraction of sp³-hybridized carbons (Fsp3) is 0.167. The van der Waals surface area contributed by atoms with Crippen molar-refractivity contribution in [2.75, 3.05) is 5.73 Å². The summed E-state index contributed by atoms with van der Waals surface area (Å²) >= 11 is 3.53. The maximum Gasteiger partial charge on any atom is 0.0573 e. The van der Waals surface area contributed by atoms with Crippen molar-refractivity contribution in [2.24, 2.45) is 0 Å². The van der Waals surface area contributed by atoms with Crippen LogP contribution < -0.4 is 5.73 Å². The first-order valence-corrected chi connectivity index (χ1v) is 5.72. The summed E-state index contributed by atoms with van der Waals surface area (Å²) in [6, 6.07) is 8.11. The summed E-state index contributed by atoms with van der Waals surface area (Å²) in [4.78, 5) is 0. The lowest BCUT2D eigenvalue weighted by molar-refractivity contribution is 0.770. The molecule has 0 saturated carbocycles. The van der Waals surface area contributed by atoms with Crippen LogP contribution in [0.3, 0.4) is 0 Å². The second kappa shape index (κ2) is 4.11. The van der Waals surface area contributed by atoms with Gasteiger partial charge in [-0.2, -0.15) is 0 Å². The number of nitrogens with zero attached hydrogens (tertiary/aromatic N) is 1. The molecule has 0 saturated heterocycles. The predicted octanol–water partition coefficient (Wildman–Crippen LogP) is 3.52. The van der Waals surface area contributed by atoms with Crippen molar-refractivity contribution in [3.8, 4) is 11.1 Å². The molecule has 2 nitrogen and oxygen atoms in total. The van der Waals surface area contributed by atoms with E-state index in [9.17, 15) is 0 Å². The molecule has 2 aromatic rings. The highest BCUT2D eigenvalue weighted by Gasteiger charge is 2.08. The van der Waals surface area contributed by atoms with Gasteiger partial charge in [0.05, 0.1) is 5.69 Å². The molecule has 0 fully saturated rings. The molecule has 0 bridgehead atoms. The van der Waals surface area contributed by atoms with Crippen LogP contribution in [0.1, 0.15) is 6.92 Å². The number of benzene rings is 1. The molecule has 0 amide bonds. The number of halogens is 1. The Balaban J connectivity index is 2.54. The molecule has 0 aliphatic heterocycles. The average molecular weight is 265 g/mol. The number of hydrogen-bond acceptors (Lipinski definition) is 1. The van der Waals surface area contributed by atoms with E-state index < -0.39 is 0 Å². The molecule has 78 valence electrons. The fourth-order valence-electron chi connectivity index (χ4n) is 1.61. The van der Waals surface area contributed by atoms with Crippen molar-refractivity contribution in [3.63, 3.8) is 0 Å².